The van der Waals surface area contributed by atoms with Crippen LogP contribution in [0.25, 0.3) is 0 Å². The second-order valence-corrected chi connectivity index (χ2v) is 5.02. The molecule has 2 aromatic carbocycles. The highest BCUT2D eigenvalue weighted by atomic mass is 79.9. The minimum absolute atomic E-state index is 0.289. The Bertz CT molecular complexity index is 537. The summed E-state index contributed by atoms with van der Waals surface area (Å²) in [6.07, 6.45) is 0.336. The molecule has 0 spiro atoms. The Labute approximate surface area is 113 Å². The van der Waals surface area contributed by atoms with Gasteiger partial charge >= 0.3 is 0 Å². The molecular weight excluding hydrogens is 300 g/mol. The first-order valence-corrected chi connectivity index (χ1v) is 6.30. The van der Waals surface area contributed by atoms with Gasteiger partial charge in [-0.1, -0.05) is 34.1 Å². The molecular formula is C14H12BrF2N. The lowest BCUT2D eigenvalue weighted by Gasteiger charge is -2.13. The van der Waals surface area contributed by atoms with Crippen LogP contribution in [0.4, 0.5) is 8.78 Å². The third-order valence-electron chi connectivity index (χ3n) is 2.71. The third kappa shape index (κ3) is 3.15. The van der Waals surface area contributed by atoms with Crippen molar-refractivity contribution >= 4 is 15.9 Å². The van der Waals surface area contributed by atoms with Crippen LogP contribution in [-0.4, -0.2) is 0 Å². The molecule has 0 amide bonds. The largest absolute Gasteiger partial charge is 0.324 e. The molecule has 2 rings (SSSR count). The van der Waals surface area contributed by atoms with Gasteiger partial charge in [0, 0.05) is 10.5 Å². The fourth-order valence-corrected chi connectivity index (χ4v) is 2.29. The molecule has 0 saturated heterocycles. The third-order valence-corrected chi connectivity index (χ3v) is 3.17. The van der Waals surface area contributed by atoms with Crippen LogP contribution in [0, 0.1) is 11.6 Å². The highest BCUT2D eigenvalue weighted by Gasteiger charge is 2.11. The van der Waals surface area contributed by atoms with E-state index in [4.69, 9.17) is 5.73 Å². The van der Waals surface area contributed by atoms with Crippen molar-refractivity contribution in [3.63, 3.8) is 0 Å². The molecule has 2 aromatic rings. The monoisotopic (exact) mass is 311 g/mol. The van der Waals surface area contributed by atoms with Crippen LogP contribution in [0.5, 0.6) is 0 Å². The molecule has 0 radical (unpaired) electrons. The molecule has 0 aliphatic carbocycles. The van der Waals surface area contributed by atoms with Gasteiger partial charge in [0.1, 0.15) is 11.6 Å². The predicted molar refractivity (Wildman–Crippen MR) is 71.1 cm³/mol. The standard InChI is InChI=1S/C14H12BrF2N/c15-11-5-10(6-12(16)8-11)14(18)7-9-3-1-2-4-13(9)17/h1-6,8,14H,7,18H2. The van der Waals surface area contributed by atoms with Gasteiger partial charge in [0.25, 0.3) is 0 Å². The van der Waals surface area contributed by atoms with Crippen molar-refractivity contribution in [1.82, 2.24) is 0 Å². The first kappa shape index (κ1) is 13.2. The lowest BCUT2D eigenvalue weighted by molar-refractivity contribution is 0.589. The molecule has 0 aromatic heterocycles. The molecule has 1 unspecified atom stereocenters. The van der Waals surface area contributed by atoms with Crippen LogP contribution in [0.2, 0.25) is 0 Å². The summed E-state index contributed by atoms with van der Waals surface area (Å²) in [5.74, 6) is -0.647. The second kappa shape index (κ2) is 5.59. The van der Waals surface area contributed by atoms with E-state index >= 15 is 0 Å². The fourth-order valence-electron chi connectivity index (χ4n) is 1.81. The zero-order valence-electron chi connectivity index (χ0n) is 9.54. The summed E-state index contributed by atoms with van der Waals surface area (Å²) in [6.45, 7) is 0. The number of hydrogen-bond acceptors (Lipinski definition) is 1. The van der Waals surface area contributed by atoms with Crippen molar-refractivity contribution in [2.24, 2.45) is 5.73 Å². The Kier molecular flexibility index (Phi) is 4.09. The molecule has 4 heteroatoms. The lowest BCUT2D eigenvalue weighted by atomic mass is 9.99. The van der Waals surface area contributed by atoms with Gasteiger partial charge in [0.15, 0.2) is 0 Å². The summed E-state index contributed by atoms with van der Waals surface area (Å²) in [4.78, 5) is 0. The summed E-state index contributed by atoms with van der Waals surface area (Å²) in [6, 6.07) is 10.5. The number of halogens is 3. The van der Waals surface area contributed by atoms with Gasteiger partial charge in [-0.25, -0.2) is 8.78 Å². The van der Waals surface area contributed by atoms with Crippen LogP contribution >= 0.6 is 15.9 Å². The maximum absolute atomic E-state index is 13.5. The molecule has 0 fully saturated rings. The van der Waals surface area contributed by atoms with Gasteiger partial charge < -0.3 is 5.73 Å². The predicted octanol–water partition coefficient (Wildman–Crippen LogP) is 3.97. The molecule has 18 heavy (non-hydrogen) atoms. The van der Waals surface area contributed by atoms with E-state index in [0.29, 0.717) is 22.0 Å². The van der Waals surface area contributed by atoms with Crippen LogP contribution < -0.4 is 5.73 Å². The van der Waals surface area contributed by atoms with Gasteiger partial charge in [-0.3, -0.25) is 0 Å². The highest BCUT2D eigenvalue weighted by molar-refractivity contribution is 9.10. The second-order valence-electron chi connectivity index (χ2n) is 4.10. The first-order valence-electron chi connectivity index (χ1n) is 5.51. The fraction of sp³-hybridized carbons (Fsp3) is 0.143. The summed E-state index contributed by atoms with van der Waals surface area (Å²) in [5.41, 5.74) is 7.16. The Morgan fingerprint density at radius 1 is 1.11 bits per heavy atom. The molecule has 0 heterocycles. The van der Waals surface area contributed by atoms with Crippen LogP contribution in [-0.2, 0) is 6.42 Å². The normalized spacial score (nSPS) is 12.4. The first-order chi connectivity index (χ1) is 8.56. The summed E-state index contributed by atoms with van der Waals surface area (Å²) in [7, 11) is 0. The molecule has 1 nitrogen and oxygen atoms in total. The SMILES string of the molecule is NC(Cc1ccccc1F)c1cc(F)cc(Br)c1. The molecule has 94 valence electrons. The number of rotatable bonds is 3. The zero-order valence-corrected chi connectivity index (χ0v) is 11.1. The average molecular weight is 312 g/mol. The number of nitrogens with two attached hydrogens (primary N) is 1. The van der Waals surface area contributed by atoms with E-state index in [0.717, 1.165) is 0 Å². The Morgan fingerprint density at radius 3 is 2.50 bits per heavy atom. The maximum atomic E-state index is 13.5. The average Bonchev–Trinajstić information content (AvgIpc) is 2.31. The van der Waals surface area contributed by atoms with E-state index in [1.54, 1.807) is 24.3 Å². The van der Waals surface area contributed by atoms with Crippen molar-refractivity contribution < 1.29 is 8.78 Å². The van der Waals surface area contributed by atoms with E-state index in [9.17, 15) is 8.78 Å². The molecule has 0 aliphatic rings. The van der Waals surface area contributed by atoms with E-state index in [1.165, 1.54) is 18.2 Å². The van der Waals surface area contributed by atoms with Crippen LogP contribution in [0.15, 0.2) is 46.9 Å². The maximum Gasteiger partial charge on any atom is 0.126 e. The van der Waals surface area contributed by atoms with Crippen LogP contribution in [0.3, 0.4) is 0 Å². The van der Waals surface area contributed by atoms with Crippen LogP contribution in [0.1, 0.15) is 17.2 Å². The lowest BCUT2D eigenvalue weighted by Crippen LogP contribution is -2.14. The van der Waals surface area contributed by atoms with Gasteiger partial charge in [0.05, 0.1) is 0 Å². The molecule has 2 N–H and O–H groups in total. The minimum atomic E-state index is -0.436. The molecule has 1 atom stereocenters. The Balaban J connectivity index is 2.22. The van der Waals surface area contributed by atoms with E-state index in [2.05, 4.69) is 15.9 Å². The molecule has 0 aliphatic heterocycles. The van der Waals surface area contributed by atoms with Gasteiger partial charge in [-0.2, -0.15) is 0 Å². The van der Waals surface area contributed by atoms with E-state index < -0.39 is 6.04 Å². The number of hydrogen-bond donors (Lipinski definition) is 1. The topological polar surface area (TPSA) is 26.0 Å². The molecule has 0 bridgehead atoms. The zero-order chi connectivity index (χ0) is 13.1. The van der Waals surface area contributed by atoms with Gasteiger partial charge in [-0.15, -0.1) is 0 Å². The van der Waals surface area contributed by atoms with E-state index in [1.807, 2.05) is 0 Å². The number of benzene rings is 2. The summed E-state index contributed by atoms with van der Waals surface area (Å²) < 4.78 is 27.4. The Hall–Kier alpha value is -1.26. The van der Waals surface area contributed by atoms with E-state index in [-0.39, 0.29) is 11.6 Å². The van der Waals surface area contributed by atoms with Crippen molar-refractivity contribution in [3.05, 3.63) is 69.7 Å². The quantitative estimate of drug-likeness (QED) is 0.912. The van der Waals surface area contributed by atoms with Crippen molar-refractivity contribution in [2.75, 3.05) is 0 Å². The van der Waals surface area contributed by atoms with Crippen molar-refractivity contribution in [1.29, 1.82) is 0 Å². The van der Waals surface area contributed by atoms with Crippen molar-refractivity contribution in [3.8, 4) is 0 Å². The summed E-state index contributed by atoms with van der Waals surface area (Å²) in [5, 5.41) is 0. The van der Waals surface area contributed by atoms with Gasteiger partial charge in [-0.05, 0) is 41.8 Å². The smallest absolute Gasteiger partial charge is 0.126 e. The van der Waals surface area contributed by atoms with Crippen molar-refractivity contribution in [2.45, 2.75) is 12.5 Å². The van der Waals surface area contributed by atoms with Gasteiger partial charge in [0.2, 0.25) is 0 Å². The minimum Gasteiger partial charge on any atom is -0.324 e. The summed E-state index contributed by atoms with van der Waals surface area (Å²) >= 11 is 3.21. The molecule has 0 saturated carbocycles. The highest BCUT2D eigenvalue weighted by Crippen LogP contribution is 2.22. The Morgan fingerprint density at radius 2 is 1.83 bits per heavy atom.